The fourth-order valence-electron chi connectivity index (χ4n) is 9.78. The van der Waals surface area contributed by atoms with E-state index in [1.165, 1.54) is 48.7 Å². The number of aromatic nitrogens is 4. The molecule has 0 saturated heterocycles. The summed E-state index contributed by atoms with van der Waals surface area (Å²) in [5, 5.41) is 10.7. The standard InChI is InChI=1S/C61H38N4/c1-3-15-42(16-4-1)60-51-32-34-57-59(50-21-11-12-22-56(50)65(57)49-19-5-2-6-20-49)58(51)52-37-46(31-33-53(52)62-60)41-23-27-43(28-24-41)61-63-54(47-29-25-39-13-7-9-17-44(39)35-47)38-55(64-61)48-30-26-40-14-8-10-18-45(40)36-48/h1-38H. The van der Waals surface area contributed by atoms with E-state index < -0.39 is 0 Å². The second-order valence-electron chi connectivity index (χ2n) is 16.8. The van der Waals surface area contributed by atoms with E-state index in [-0.39, 0.29) is 0 Å². The molecule has 0 bridgehead atoms. The van der Waals surface area contributed by atoms with Crippen molar-refractivity contribution in [1.29, 1.82) is 0 Å². The molecule has 0 radical (unpaired) electrons. The molecule has 0 amide bonds. The smallest absolute Gasteiger partial charge is 0.160 e. The maximum atomic E-state index is 5.39. The summed E-state index contributed by atoms with van der Waals surface area (Å²) in [6.45, 7) is 0. The Morgan fingerprint density at radius 2 is 0.862 bits per heavy atom. The van der Waals surface area contributed by atoms with E-state index in [1.807, 2.05) is 0 Å². The molecule has 0 saturated carbocycles. The Balaban J connectivity index is 0.976. The first-order chi connectivity index (χ1) is 32.2. The predicted octanol–water partition coefficient (Wildman–Crippen LogP) is 15.9. The van der Waals surface area contributed by atoms with Crippen molar-refractivity contribution >= 4 is 65.0 Å². The maximum absolute atomic E-state index is 5.39. The van der Waals surface area contributed by atoms with E-state index in [0.717, 1.165) is 72.4 Å². The van der Waals surface area contributed by atoms with Crippen molar-refractivity contribution in [3.8, 4) is 62.0 Å². The van der Waals surface area contributed by atoms with Crippen molar-refractivity contribution in [2.24, 2.45) is 0 Å². The first kappa shape index (κ1) is 36.9. The van der Waals surface area contributed by atoms with E-state index in [1.54, 1.807) is 0 Å². The molecule has 3 heterocycles. The Hall–Kier alpha value is -8.73. The Bertz CT molecular complexity index is 3890. The number of nitrogens with zero attached hydrogens (tertiary/aromatic N) is 4. The van der Waals surface area contributed by atoms with E-state index in [2.05, 4.69) is 235 Å². The molecule has 4 nitrogen and oxygen atoms in total. The summed E-state index contributed by atoms with van der Waals surface area (Å²) >= 11 is 0. The molecule has 0 atom stereocenters. The summed E-state index contributed by atoms with van der Waals surface area (Å²) in [5.41, 5.74) is 13.6. The fourth-order valence-corrected chi connectivity index (χ4v) is 9.78. The zero-order valence-corrected chi connectivity index (χ0v) is 35.2. The molecule has 0 aliphatic carbocycles. The van der Waals surface area contributed by atoms with Crippen molar-refractivity contribution in [3.63, 3.8) is 0 Å². The van der Waals surface area contributed by atoms with Crippen LogP contribution in [0.25, 0.3) is 127 Å². The summed E-state index contributed by atoms with van der Waals surface area (Å²) in [7, 11) is 0. The van der Waals surface area contributed by atoms with Crippen LogP contribution < -0.4 is 0 Å². The lowest BCUT2D eigenvalue weighted by Crippen LogP contribution is -1.96. The molecule has 13 aromatic rings. The Morgan fingerprint density at radius 3 is 1.55 bits per heavy atom. The molecular weight excluding hydrogens is 789 g/mol. The summed E-state index contributed by atoms with van der Waals surface area (Å²) in [4.78, 5) is 15.9. The van der Waals surface area contributed by atoms with Crippen molar-refractivity contribution in [2.45, 2.75) is 0 Å². The number of benzene rings is 10. The molecule has 302 valence electrons. The van der Waals surface area contributed by atoms with E-state index in [9.17, 15) is 0 Å². The summed E-state index contributed by atoms with van der Waals surface area (Å²) < 4.78 is 2.39. The number of para-hydroxylation sites is 2. The van der Waals surface area contributed by atoms with Gasteiger partial charge in [0.15, 0.2) is 5.82 Å². The van der Waals surface area contributed by atoms with E-state index >= 15 is 0 Å². The molecular formula is C61H38N4. The van der Waals surface area contributed by atoms with Gasteiger partial charge in [-0.25, -0.2) is 15.0 Å². The van der Waals surface area contributed by atoms with Gasteiger partial charge >= 0.3 is 0 Å². The van der Waals surface area contributed by atoms with Gasteiger partial charge in [-0.05, 0) is 87.3 Å². The third kappa shape index (κ3) is 6.26. The lowest BCUT2D eigenvalue weighted by molar-refractivity contribution is 1.18. The van der Waals surface area contributed by atoms with Crippen molar-refractivity contribution in [1.82, 2.24) is 19.5 Å². The van der Waals surface area contributed by atoms with Crippen LogP contribution in [0.3, 0.4) is 0 Å². The molecule has 0 fully saturated rings. The maximum Gasteiger partial charge on any atom is 0.160 e. The highest BCUT2D eigenvalue weighted by molar-refractivity contribution is 6.29. The average Bonchev–Trinajstić information content (AvgIpc) is 3.73. The zero-order valence-electron chi connectivity index (χ0n) is 35.2. The van der Waals surface area contributed by atoms with Gasteiger partial charge in [0.2, 0.25) is 0 Å². The van der Waals surface area contributed by atoms with Gasteiger partial charge in [0.25, 0.3) is 0 Å². The van der Waals surface area contributed by atoms with Crippen LogP contribution in [0.2, 0.25) is 0 Å². The molecule has 0 aliphatic rings. The number of rotatable bonds is 6. The minimum Gasteiger partial charge on any atom is -0.309 e. The van der Waals surface area contributed by atoms with Crippen LogP contribution in [-0.4, -0.2) is 19.5 Å². The monoisotopic (exact) mass is 826 g/mol. The predicted molar refractivity (Wildman–Crippen MR) is 271 cm³/mol. The zero-order chi connectivity index (χ0) is 42.8. The second kappa shape index (κ2) is 15.0. The third-order valence-corrected chi connectivity index (χ3v) is 12.9. The van der Waals surface area contributed by atoms with Crippen LogP contribution in [0.4, 0.5) is 0 Å². The van der Waals surface area contributed by atoms with Gasteiger partial charge < -0.3 is 4.57 Å². The van der Waals surface area contributed by atoms with E-state index in [0.29, 0.717) is 5.82 Å². The van der Waals surface area contributed by atoms with Crippen LogP contribution in [-0.2, 0) is 0 Å². The van der Waals surface area contributed by atoms with Gasteiger partial charge in [0.05, 0.1) is 33.6 Å². The first-order valence-corrected chi connectivity index (χ1v) is 22.1. The van der Waals surface area contributed by atoms with Gasteiger partial charge in [-0.2, -0.15) is 0 Å². The first-order valence-electron chi connectivity index (χ1n) is 22.1. The molecule has 3 aromatic heterocycles. The molecule has 0 N–H and O–H groups in total. The Morgan fingerprint density at radius 1 is 0.292 bits per heavy atom. The minimum absolute atomic E-state index is 0.685. The number of hydrogen-bond acceptors (Lipinski definition) is 3. The van der Waals surface area contributed by atoms with Gasteiger partial charge in [-0.3, -0.25) is 0 Å². The lowest BCUT2D eigenvalue weighted by Gasteiger charge is -2.14. The fraction of sp³-hybridized carbons (Fsp3) is 0. The molecule has 0 spiro atoms. The Labute approximate surface area is 375 Å². The van der Waals surface area contributed by atoms with Crippen LogP contribution in [0.5, 0.6) is 0 Å². The second-order valence-corrected chi connectivity index (χ2v) is 16.8. The van der Waals surface area contributed by atoms with Crippen LogP contribution in [0.1, 0.15) is 0 Å². The third-order valence-electron chi connectivity index (χ3n) is 12.9. The summed E-state index contributed by atoms with van der Waals surface area (Å²) in [6.07, 6.45) is 0. The molecule has 65 heavy (non-hydrogen) atoms. The normalized spacial score (nSPS) is 11.7. The van der Waals surface area contributed by atoms with Gasteiger partial charge in [-0.1, -0.05) is 176 Å². The lowest BCUT2D eigenvalue weighted by atomic mass is 9.94. The molecule has 10 aromatic carbocycles. The Kier molecular flexibility index (Phi) is 8.50. The van der Waals surface area contributed by atoms with Crippen LogP contribution >= 0.6 is 0 Å². The topological polar surface area (TPSA) is 43.6 Å². The largest absolute Gasteiger partial charge is 0.309 e. The van der Waals surface area contributed by atoms with Gasteiger partial charge in [-0.15, -0.1) is 0 Å². The molecule has 13 rings (SSSR count). The highest BCUT2D eigenvalue weighted by atomic mass is 15.0. The van der Waals surface area contributed by atoms with Crippen molar-refractivity contribution in [3.05, 3.63) is 231 Å². The van der Waals surface area contributed by atoms with Crippen molar-refractivity contribution < 1.29 is 0 Å². The summed E-state index contributed by atoms with van der Waals surface area (Å²) in [6, 6.07) is 82.2. The highest BCUT2D eigenvalue weighted by Crippen LogP contribution is 2.43. The molecule has 0 unspecified atom stereocenters. The number of pyridine rings is 1. The van der Waals surface area contributed by atoms with Crippen LogP contribution in [0, 0.1) is 0 Å². The summed E-state index contributed by atoms with van der Waals surface area (Å²) in [5.74, 6) is 0.685. The SMILES string of the molecule is c1ccc(-c2nc3ccc(-c4ccc(-c5nc(-c6ccc7ccccc7c6)cc(-c6ccc7ccccc7c6)n5)cc4)cc3c3c2ccc2c3c3ccccc3n2-c2ccccc2)cc1. The van der Waals surface area contributed by atoms with E-state index in [4.69, 9.17) is 15.0 Å². The van der Waals surface area contributed by atoms with Gasteiger partial charge in [0, 0.05) is 54.9 Å². The minimum atomic E-state index is 0.685. The molecule has 4 heteroatoms. The number of fused-ring (bicyclic) bond motifs is 9. The van der Waals surface area contributed by atoms with Crippen LogP contribution in [0.15, 0.2) is 231 Å². The highest BCUT2D eigenvalue weighted by Gasteiger charge is 2.20. The average molecular weight is 827 g/mol. The number of hydrogen-bond donors (Lipinski definition) is 0. The van der Waals surface area contributed by atoms with Crippen molar-refractivity contribution in [2.75, 3.05) is 0 Å². The quantitative estimate of drug-likeness (QED) is 0.157. The molecule has 0 aliphatic heterocycles. The van der Waals surface area contributed by atoms with Gasteiger partial charge in [0.1, 0.15) is 0 Å².